The van der Waals surface area contributed by atoms with Gasteiger partial charge >= 0.3 is 12.1 Å². The van der Waals surface area contributed by atoms with Crippen LogP contribution in [0.3, 0.4) is 0 Å². The first kappa shape index (κ1) is 16.4. The summed E-state index contributed by atoms with van der Waals surface area (Å²) in [5, 5.41) is 11.7. The van der Waals surface area contributed by atoms with Crippen molar-refractivity contribution in [3.63, 3.8) is 0 Å². The van der Waals surface area contributed by atoms with E-state index in [0.29, 0.717) is 6.42 Å². The first-order valence-electron chi connectivity index (χ1n) is 8.66. The summed E-state index contributed by atoms with van der Waals surface area (Å²) >= 11 is 0. The predicted octanol–water partition coefficient (Wildman–Crippen LogP) is 3.55. The third-order valence-electron chi connectivity index (χ3n) is 5.05. The van der Waals surface area contributed by atoms with Crippen molar-refractivity contribution in [2.75, 3.05) is 6.61 Å². The van der Waals surface area contributed by atoms with Crippen molar-refractivity contribution < 1.29 is 19.4 Å². The Hall–Kier alpha value is -3.08. The number of nitrogens with one attached hydrogen (secondary N) is 1. The Morgan fingerprint density at radius 3 is 2.19 bits per heavy atom. The van der Waals surface area contributed by atoms with Crippen LogP contribution in [0.1, 0.15) is 23.5 Å². The molecule has 2 aliphatic rings. The fourth-order valence-corrected chi connectivity index (χ4v) is 3.78. The molecule has 0 aliphatic heterocycles. The van der Waals surface area contributed by atoms with Crippen LogP contribution in [-0.2, 0) is 9.53 Å². The molecule has 2 atom stereocenters. The van der Waals surface area contributed by atoms with Gasteiger partial charge < -0.3 is 15.2 Å². The minimum absolute atomic E-state index is 0.0130. The van der Waals surface area contributed by atoms with Crippen LogP contribution in [0.4, 0.5) is 4.79 Å². The number of ether oxygens (including phenoxy) is 1. The largest absolute Gasteiger partial charge is 0.481 e. The first-order chi connectivity index (χ1) is 12.6. The first-order valence-corrected chi connectivity index (χ1v) is 8.66. The molecule has 0 saturated heterocycles. The van der Waals surface area contributed by atoms with E-state index in [9.17, 15) is 9.59 Å². The lowest BCUT2D eigenvalue weighted by molar-refractivity contribution is -0.140. The van der Waals surface area contributed by atoms with Gasteiger partial charge in [0.1, 0.15) is 6.61 Å². The molecule has 4 rings (SSSR count). The van der Waals surface area contributed by atoms with Gasteiger partial charge in [0.2, 0.25) is 0 Å². The summed E-state index contributed by atoms with van der Waals surface area (Å²) in [6.45, 7) is 0.249. The Labute approximate surface area is 151 Å². The van der Waals surface area contributed by atoms with Gasteiger partial charge in [0.05, 0.1) is 12.0 Å². The topological polar surface area (TPSA) is 75.6 Å². The van der Waals surface area contributed by atoms with Crippen LogP contribution < -0.4 is 5.32 Å². The van der Waals surface area contributed by atoms with E-state index < -0.39 is 18.0 Å². The average Bonchev–Trinajstić information content (AvgIpc) is 3.23. The van der Waals surface area contributed by atoms with Crippen molar-refractivity contribution in [1.29, 1.82) is 0 Å². The Morgan fingerprint density at radius 2 is 1.62 bits per heavy atom. The van der Waals surface area contributed by atoms with Gasteiger partial charge in [0, 0.05) is 5.92 Å². The molecular formula is C21H19NO4. The molecule has 2 aliphatic carbocycles. The quantitative estimate of drug-likeness (QED) is 0.828. The second-order valence-electron chi connectivity index (χ2n) is 6.64. The van der Waals surface area contributed by atoms with Crippen molar-refractivity contribution in [2.45, 2.75) is 18.4 Å². The van der Waals surface area contributed by atoms with E-state index in [4.69, 9.17) is 9.84 Å². The van der Waals surface area contributed by atoms with Crippen molar-refractivity contribution in [1.82, 2.24) is 5.32 Å². The molecule has 2 aromatic rings. The predicted molar refractivity (Wildman–Crippen MR) is 96.9 cm³/mol. The van der Waals surface area contributed by atoms with Crippen LogP contribution in [0.2, 0.25) is 0 Å². The number of carbonyl (C=O) groups excluding carboxylic acids is 1. The average molecular weight is 349 g/mol. The lowest BCUT2D eigenvalue weighted by atomic mass is 9.98. The van der Waals surface area contributed by atoms with Gasteiger partial charge in [-0.15, -0.1) is 0 Å². The molecule has 2 aromatic carbocycles. The van der Waals surface area contributed by atoms with Gasteiger partial charge in [-0.25, -0.2) is 4.79 Å². The third kappa shape index (κ3) is 2.96. The van der Waals surface area contributed by atoms with Gasteiger partial charge in [-0.05, 0) is 28.7 Å². The van der Waals surface area contributed by atoms with E-state index in [2.05, 4.69) is 29.6 Å². The van der Waals surface area contributed by atoms with Crippen molar-refractivity contribution in [2.24, 2.45) is 5.92 Å². The molecule has 5 heteroatoms. The van der Waals surface area contributed by atoms with Crippen molar-refractivity contribution in [3.8, 4) is 11.1 Å². The second kappa shape index (κ2) is 6.67. The zero-order valence-corrected chi connectivity index (χ0v) is 14.1. The molecule has 0 unspecified atom stereocenters. The Balaban J connectivity index is 1.41. The SMILES string of the molecule is O=C(N[C@H]1C=C[C@H](C(=O)O)C1)OCC1c2ccccc2-c2ccccc21. The summed E-state index contributed by atoms with van der Waals surface area (Å²) in [5.41, 5.74) is 4.68. The van der Waals surface area contributed by atoms with Gasteiger partial charge in [0.25, 0.3) is 0 Å². The smallest absolute Gasteiger partial charge is 0.407 e. The van der Waals surface area contributed by atoms with E-state index in [1.54, 1.807) is 12.2 Å². The van der Waals surface area contributed by atoms with Gasteiger partial charge in [-0.2, -0.15) is 0 Å². The number of fused-ring (bicyclic) bond motifs is 3. The molecule has 2 N–H and O–H groups in total. The minimum Gasteiger partial charge on any atom is -0.481 e. The Kier molecular flexibility index (Phi) is 4.21. The highest BCUT2D eigenvalue weighted by atomic mass is 16.5. The van der Waals surface area contributed by atoms with Crippen LogP contribution in [0.25, 0.3) is 11.1 Å². The summed E-state index contributed by atoms with van der Waals surface area (Å²) in [6.07, 6.45) is 3.16. The number of aliphatic carboxylic acids is 1. The standard InChI is InChI=1S/C21H19NO4/c23-20(24)13-9-10-14(11-13)22-21(25)26-12-19-17-7-3-1-5-15(17)16-6-2-4-8-18(16)19/h1-10,13-14,19H,11-12H2,(H,22,25)(H,23,24)/t13-,14-/m0/s1. The summed E-state index contributed by atoms with van der Waals surface area (Å²) in [5.74, 6) is -1.41. The highest BCUT2D eigenvalue weighted by Gasteiger charge is 2.30. The fourth-order valence-electron chi connectivity index (χ4n) is 3.78. The molecule has 0 aromatic heterocycles. The van der Waals surface area contributed by atoms with E-state index in [1.807, 2.05) is 24.3 Å². The lowest BCUT2D eigenvalue weighted by Gasteiger charge is -2.16. The Bertz CT molecular complexity index is 844. The summed E-state index contributed by atoms with van der Waals surface area (Å²) in [4.78, 5) is 23.1. The highest BCUT2D eigenvalue weighted by Crippen LogP contribution is 2.44. The Morgan fingerprint density at radius 1 is 1.00 bits per heavy atom. The van der Waals surface area contributed by atoms with Crippen molar-refractivity contribution in [3.05, 3.63) is 71.8 Å². The van der Waals surface area contributed by atoms with E-state index in [1.165, 1.54) is 11.1 Å². The molecule has 0 spiro atoms. The zero-order valence-electron chi connectivity index (χ0n) is 14.1. The molecule has 5 nitrogen and oxygen atoms in total. The number of rotatable bonds is 4. The fraction of sp³-hybridized carbons (Fsp3) is 0.238. The number of hydrogen-bond acceptors (Lipinski definition) is 3. The van der Waals surface area contributed by atoms with Crippen LogP contribution in [0, 0.1) is 5.92 Å². The number of carboxylic acids is 1. The highest BCUT2D eigenvalue weighted by molar-refractivity contribution is 5.79. The molecule has 0 saturated carbocycles. The molecule has 0 heterocycles. The van der Waals surface area contributed by atoms with E-state index in [-0.39, 0.29) is 18.6 Å². The molecule has 1 amide bonds. The van der Waals surface area contributed by atoms with Crippen LogP contribution in [-0.4, -0.2) is 29.8 Å². The van der Waals surface area contributed by atoms with E-state index in [0.717, 1.165) is 11.1 Å². The summed E-state index contributed by atoms with van der Waals surface area (Å²) in [6, 6.07) is 16.0. The number of amides is 1. The maximum atomic E-state index is 12.1. The number of benzene rings is 2. The number of hydrogen-bond donors (Lipinski definition) is 2. The molecular weight excluding hydrogens is 330 g/mol. The molecule has 132 valence electrons. The molecule has 0 fully saturated rings. The lowest BCUT2D eigenvalue weighted by Crippen LogP contribution is -2.34. The number of carboxylic acid groups (broad SMARTS) is 1. The third-order valence-corrected chi connectivity index (χ3v) is 5.05. The van der Waals surface area contributed by atoms with Crippen LogP contribution in [0.5, 0.6) is 0 Å². The van der Waals surface area contributed by atoms with Crippen LogP contribution in [0.15, 0.2) is 60.7 Å². The molecule has 26 heavy (non-hydrogen) atoms. The summed E-state index contributed by atoms with van der Waals surface area (Å²) in [7, 11) is 0. The normalized spacial score (nSPS) is 20.5. The van der Waals surface area contributed by atoms with Gasteiger partial charge in [-0.1, -0.05) is 60.7 Å². The number of carbonyl (C=O) groups is 2. The second-order valence-corrected chi connectivity index (χ2v) is 6.64. The minimum atomic E-state index is -0.877. The van der Waals surface area contributed by atoms with Crippen LogP contribution >= 0.6 is 0 Å². The summed E-state index contributed by atoms with van der Waals surface area (Å²) < 4.78 is 5.47. The van der Waals surface area contributed by atoms with Gasteiger partial charge in [-0.3, -0.25) is 4.79 Å². The number of alkyl carbamates (subject to hydrolysis) is 1. The van der Waals surface area contributed by atoms with Crippen molar-refractivity contribution >= 4 is 12.1 Å². The zero-order chi connectivity index (χ0) is 18.1. The maximum Gasteiger partial charge on any atom is 0.407 e. The molecule has 0 bridgehead atoms. The molecule has 0 radical (unpaired) electrons. The monoisotopic (exact) mass is 349 g/mol. The van der Waals surface area contributed by atoms with Gasteiger partial charge in [0.15, 0.2) is 0 Å². The maximum absolute atomic E-state index is 12.1. The van der Waals surface area contributed by atoms with E-state index >= 15 is 0 Å².